The molecule has 2 aromatic rings. The quantitative estimate of drug-likeness (QED) is 0.825. The van der Waals surface area contributed by atoms with Crippen molar-refractivity contribution >= 4 is 63.8 Å². The maximum absolute atomic E-state index is 12.7. The molecule has 5 nitrogen and oxygen atoms in total. The van der Waals surface area contributed by atoms with Crippen LogP contribution in [-0.2, 0) is 4.79 Å². The van der Waals surface area contributed by atoms with Crippen molar-refractivity contribution in [3.05, 3.63) is 50.1 Å². The highest BCUT2D eigenvalue weighted by atomic mass is 35.5. The number of nitrogens with one attached hydrogen (secondary N) is 1. The van der Waals surface area contributed by atoms with E-state index in [0.29, 0.717) is 37.1 Å². The molecule has 0 radical (unpaired) electrons. The van der Waals surface area contributed by atoms with Gasteiger partial charge in [0.1, 0.15) is 10.4 Å². The number of nitriles is 1. The van der Waals surface area contributed by atoms with Gasteiger partial charge in [-0.3, -0.25) is 9.59 Å². The van der Waals surface area contributed by atoms with Crippen LogP contribution in [0.2, 0.25) is 8.67 Å². The van der Waals surface area contributed by atoms with E-state index in [1.807, 2.05) is 6.07 Å². The van der Waals surface area contributed by atoms with Crippen LogP contribution in [0.1, 0.15) is 15.9 Å². The molecule has 1 aliphatic heterocycles. The Morgan fingerprint density at radius 3 is 2.60 bits per heavy atom. The van der Waals surface area contributed by atoms with Gasteiger partial charge in [-0.2, -0.15) is 5.26 Å². The van der Waals surface area contributed by atoms with Crippen LogP contribution in [-0.4, -0.2) is 34.4 Å². The van der Waals surface area contributed by atoms with Gasteiger partial charge in [0.2, 0.25) is 5.91 Å². The smallest absolute Gasteiger partial charge is 0.257 e. The molecule has 0 saturated carbocycles. The molecule has 2 heterocycles. The molecule has 0 aliphatic carbocycles. The van der Waals surface area contributed by atoms with Crippen molar-refractivity contribution in [3.8, 4) is 6.07 Å². The molecule has 128 valence electrons. The fraction of sp³-hybridized carbons (Fsp3) is 0.188. The highest BCUT2D eigenvalue weighted by Gasteiger charge is 2.36. The van der Waals surface area contributed by atoms with E-state index in [9.17, 15) is 9.59 Å². The van der Waals surface area contributed by atoms with E-state index < -0.39 is 6.04 Å². The monoisotopic (exact) mass is 411 g/mol. The average molecular weight is 412 g/mol. The summed E-state index contributed by atoms with van der Waals surface area (Å²) in [6.07, 6.45) is 0. The highest BCUT2D eigenvalue weighted by Crippen LogP contribution is 2.34. The number of nitrogens with zero attached hydrogens (tertiary/aromatic N) is 2. The average Bonchev–Trinajstić information content (AvgIpc) is 3.21. The number of rotatable bonds is 3. The van der Waals surface area contributed by atoms with Crippen LogP contribution in [0.4, 0.5) is 5.69 Å². The Morgan fingerprint density at radius 1 is 1.28 bits per heavy atom. The normalized spacial score (nSPS) is 16.5. The van der Waals surface area contributed by atoms with E-state index in [1.54, 1.807) is 24.3 Å². The van der Waals surface area contributed by atoms with Gasteiger partial charge in [-0.25, -0.2) is 0 Å². The van der Waals surface area contributed by atoms with Crippen molar-refractivity contribution in [1.82, 2.24) is 4.90 Å². The highest BCUT2D eigenvalue weighted by molar-refractivity contribution is 7.99. The van der Waals surface area contributed by atoms with Crippen molar-refractivity contribution < 1.29 is 9.59 Å². The molecule has 25 heavy (non-hydrogen) atoms. The number of hydrogen-bond acceptors (Lipinski definition) is 5. The Morgan fingerprint density at radius 2 is 2.00 bits per heavy atom. The number of halogens is 2. The van der Waals surface area contributed by atoms with Crippen LogP contribution in [0.15, 0.2) is 30.3 Å². The van der Waals surface area contributed by atoms with E-state index in [1.165, 1.54) is 22.7 Å². The van der Waals surface area contributed by atoms with Gasteiger partial charge < -0.3 is 10.2 Å². The van der Waals surface area contributed by atoms with Crippen molar-refractivity contribution in [2.45, 2.75) is 6.04 Å². The molecule has 1 aromatic carbocycles. The predicted octanol–water partition coefficient (Wildman–Crippen LogP) is 4.08. The lowest BCUT2D eigenvalue weighted by Crippen LogP contribution is -2.44. The first-order chi connectivity index (χ1) is 12.0. The van der Waals surface area contributed by atoms with Crippen LogP contribution in [0.3, 0.4) is 0 Å². The zero-order valence-electron chi connectivity index (χ0n) is 12.7. The fourth-order valence-electron chi connectivity index (χ4n) is 2.35. The molecule has 1 atom stereocenters. The molecule has 0 spiro atoms. The van der Waals surface area contributed by atoms with Gasteiger partial charge in [-0.15, -0.1) is 23.1 Å². The summed E-state index contributed by atoms with van der Waals surface area (Å²) < 4.78 is 0.747. The lowest BCUT2D eigenvalue weighted by atomic mass is 10.2. The Labute approximate surface area is 162 Å². The number of hydrogen-bond donors (Lipinski definition) is 1. The molecule has 1 saturated heterocycles. The summed E-state index contributed by atoms with van der Waals surface area (Å²) in [6, 6.07) is 9.49. The van der Waals surface area contributed by atoms with Gasteiger partial charge >= 0.3 is 0 Å². The first-order valence-electron chi connectivity index (χ1n) is 7.14. The second-order valence-electron chi connectivity index (χ2n) is 5.21. The second kappa shape index (κ2) is 7.67. The number of amides is 2. The molecule has 1 aliphatic rings. The summed E-state index contributed by atoms with van der Waals surface area (Å²) in [5.74, 6) is 0.330. The van der Waals surface area contributed by atoms with Gasteiger partial charge in [0, 0.05) is 11.4 Å². The maximum atomic E-state index is 12.7. The minimum Gasteiger partial charge on any atom is -0.324 e. The third kappa shape index (κ3) is 3.93. The summed E-state index contributed by atoms with van der Waals surface area (Å²) >= 11 is 14.6. The molecule has 0 bridgehead atoms. The van der Waals surface area contributed by atoms with Gasteiger partial charge in [0.25, 0.3) is 5.91 Å². The zero-order valence-corrected chi connectivity index (χ0v) is 15.8. The zero-order chi connectivity index (χ0) is 18.0. The first-order valence-corrected chi connectivity index (χ1v) is 9.87. The molecule has 1 aromatic heterocycles. The molecule has 1 N–H and O–H groups in total. The summed E-state index contributed by atoms with van der Waals surface area (Å²) in [6.45, 7) is 0. The van der Waals surface area contributed by atoms with Crippen molar-refractivity contribution in [2.24, 2.45) is 0 Å². The van der Waals surface area contributed by atoms with Crippen molar-refractivity contribution in [3.63, 3.8) is 0 Å². The van der Waals surface area contributed by atoms with Crippen molar-refractivity contribution in [2.75, 3.05) is 16.9 Å². The van der Waals surface area contributed by atoms with E-state index in [4.69, 9.17) is 28.5 Å². The Balaban J connectivity index is 1.74. The summed E-state index contributed by atoms with van der Waals surface area (Å²) in [7, 11) is 0. The Bertz CT molecular complexity index is 861. The summed E-state index contributed by atoms with van der Waals surface area (Å²) in [4.78, 5) is 26.8. The minimum absolute atomic E-state index is 0.277. The molecular formula is C16H11Cl2N3O2S2. The Kier molecular flexibility index (Phi) is 5.54. The van der Waals surface area contributed by atoms with Crippen LogP contribution >= 0.6 is 46.3 Å². The van der Waals surface area contributed by atoms with Gasteiger partial charge in [-0.1, -0.05) is 23.2 Å². The Hall–Kier alpha value is -1.72. The first kappa shape index (κ1) is 18.1. The third-order valence-electron chi connectivity index (χ3n) is 3.61. The number of thiophene rings is 1. The fourth-order valence-corrected chi connectivity index (χ4v) is 4.96. The molecular weight excluding hydrogens is 401 g/mol. The number of thioether (sulfide) groups is 1. The molecule has 2 amide bonds. The van der Waals surface area contributed by atoms with E-state index >= 15 is 0 Å². The molecule has 9 heteroatoms. The van der Waals surface area contributed by atoms with E-state index in [0.717, 1.165) is 11.3 Å². The molecule has 1 unspecified atom stereocenters. The van der Waals surface area contributed by atoms with E-state index in [2.05, 4.69) is 5.32 Å². The van der Waals surface area contributed by atoms with Crippen LogP contribution in [0.25, 0.3) is 0 Å². The standard InChI is InChI=1S/C16H11Cl2N3O2S2/c17-13-5-11(14(18)25-13)16(23)21-8-24-7-12(21)15(22)20-10-3-1-9(6-19)2-4-10/h1-5,12H,7-8H2,(H,20,22). The van der Waals surface area contributed by atoms with E-state index in [-0.39, 0.29) is 11.8 Å². The lowest BCUT2D eigenvalue weighted by molar-refractivity contribution is -0.119. The van der Waals surface area contributed by atoms with Gasteiger partial charge in [0.05, 0.1) is 27.4 Å². The van der Waals surface area contributed by atoms with Crippen molar-refractivity contribution in [1.29, 1.82) is 5.26 Å². The maximum Gasteiger partial charge on any atom is 0.257 e. The predicted molar refractivity (Wildman–Crippen MR) is 101 cm³/mol. The third-order valence-corrected chi connectivity index (χ3v) is 6.11. The topological polar surface area (TPSA) is 73.2 Å². The van der Waals surface area contributed by atoms with Crippen LogP contribution in [0.5, 0.6) is 0 Å². The number of carbonyl (C=O) groups excluding carboxylic acids is 2. The minimum atomic E-state index is -0.595. The molecule has 3 rings (SSSR count). The number of anilines is 1. The molecule has 1 fully saturated rings. The lowest BCUT2D eigenvalue weighted by Gasteiger charge is -2.23. The number of carbonyl (C=O) groups is 2. The van der Waals surface area contributed by atoms with Crippen LogP contribution < -0.4 is 5.32 Å². The SMILES string of the molecule is N#Cc1ccc(NC(=O)C2CSCN2C(=O)c2cc(Cl)sc2Cl)cc1. The number of benzene rings is 1. The van der Waals surface area contributed by atoms with Crippen LogP contribution in [0, 0.1) is 11.3 Å². The summed E-state index contributed by atoms with van der Waals surface area (Å²) in [5, 5.41) is 11.6. The largest absolute Gasteiger partial charge is 0.324 e. The van der Waals surface area contributed by atoms with Gasteiger partial charge in [0.15, 0.2) is 0 Å². The summed E-state index contributed by atoms with van der Waals surface area (Å²) in [5.41, 5.74) is 1.40. The van der Waals surface area contributed by atoms with Gasteiger partial charge in [-0.05, 0) is 30.3 Å². The second-order valence-corrected chi connectivity index (χ2v) is 8.49.